The number of hydrogen-bond acceptors (Lipinski definition) is 7. The molecule has 7 nitrogen and oxygen atoms in total. The van der Waals surface area contributed by atoms with Gasteiger partial charge in [0.25, 0.3) is 0 Å². The molecule has 0 aromatic heterocycles. The average molecular weight is 606 g/mol. The Morgan fingerprint density at radius 1 is 1.26 bits per heavy atom. The van der Waals surface area contributed by atoms with E-state index in [-0.39, 0.29) is 82.8 Å². The fourth-order valence-corrected chi connectivity index (χ4v) is 14.4. The summed E-state index contributed by atoms with van der Waals surface area (Å²) in [6, 6.07) is 0. The Morgan fingerprint density at radius 2 is 1.85 bits per heavy atom. The van der Waals surface area contributed by atoms with Gasteiger partial charge >= 0.3 is 223 Å². The van der Waals surface area contributed by atoms with Crippen molar-refractivity contribution < 1.29 is 112 Å². The quantitative estimate of drug-likeness (QED) is 0.194. The molecule has 1 saturated carbocycles. The zero-order chi connectivity index (χ0) is 19.3. The third-order valence-corrected chi connectivity index (χ3v) is 17.6. The van der Waals surface area contributed by atoms with E-state index in [4.69, 9.17) is 4.74 Å². The number of rotatable bonds is 10. The number of ether oxygens (including phenoxy) is 1. The van der Waals surface area contributed by atoms with Crippen LogP contribution in [-0.2, 0) is 42.2 Å². The van der Waals surface area contributed by atoms with Gasteiger partial charge in [0.2, 0.25) is 0 Å². The summed E-state index contributed by atoms with van der Waals surface area (Å²) in [6.07, 6.45) is 0.810. The first-order chi connectivity index (χ1) is 11.6. The summed E-state index contributed by atoms with van der Waals surface area (Å²) < 4.78 is 6.18. The molecule has 3 unspecified atom stereocenters. The normalized spacial score (nSPS) is 23.9. The molecular weight excluding hydrogens is 581 g/mol. The minimum atomic E-state index is -1.42. The summed E-state index contributed by atoms with van der Waals surface area (Å²) >= 11 is -1.42. The number of nitrogens with one attached hydrogen (secondary N) is 1. The maximum atomic E-state index is 12.6. The van der Waals surface area contributed by atoms with Gasteiger partial charge in [-0.1, -0.05) is 0 Å². The molecular formula is C16H25HgNNa2O6S. The molecule has 3 atom stereocenters. The standard InChI is InChI=1S/C14H24NO4.C2H4O2S.Hg.2Na/c1-9(19-5)8-15-11(16)10-6-7-14(4,12(17)18)13(10,2)3;3-2(4)1-5;;;/h9-10H,1,6-8H2,2-5H3,(H,15,16)(H,17,18);5H,1H2,(H,3,4);;;/q;;3*+1/p-3. The van der Waals surface area contributed by atoms with Crippen LogP contribution in [0, 0.1) is 16.7 Å². The largest absolute Gasteiger partial charge is 1.00 e. The second kappa shape index (κ2) is 13.9. The molecule has 0 heterocycles. The molecule has 0 aliphatic heterocycles. The second-order valence-electron chi connectivity index (χ2n) is 7.25. The molecule has 0 radical (unpaired) electrons. The van der Waals surface area contributed by atoms with Gasteiger partial charge in [-0.25, -0.2) is 0 Å². The van der Waals surface area contributed by atoms with E-state index in [2.05, 4.69) is 5.32 Å². The molecule has 0 bridgehead atoms. The first-order valence-corrected chi connectivity index (χ1v) is 20.1. The molecule has 1 fully saturated rings. The van der Waals surface area contributed by atoms with Crippen molar-refractivity contribution in [2.45, 2.75) is 43.6 Å². The van der Waals surface area contributed by atoms with E-state index in [9.17, 15) is 24.6 Å². The molecule has 1 aliphatic carbocycles. The van der Waals surface area contributed by atoms with E-state index < -0.39 is 45.8 Å². The van der Waals surface area contributed by atoms with Crippen LogP contribution in [0.2, 0.25) is 3.93 Å². The number of methoxy groups -OCH3 is 1. The van der Waals surface area contributed by atoms with Crippen LogP contribution in [0.25, 0.3) is 0 Å². The topological polar surface area (TPSA) is 119 Å². The first-order valence-electron chi connectivity index (χ1n) is 8.35. The zero-order valence-corrected chi connectivity index (χ0v) is 27.6. The Bertz CT molecular complexity index is 525. The Kier molecular flexibility index (Phi) is 15.8. The van der Waals surface area contributed by atoms with Gasteiger partial charge < -0.3 is 0 Å². The Hall–Kier alpha value is 1.66. The van der Waals surface area contributed by atoms with Crippen LogP contribution < -0.4 is 74.6 Å². The van der Waals surface area contributed by atoms with Crippen molar-refractivity contribution >= 4 is 26.1 Å². The number of hydrogen-bond donors (Lipinski definition) is 1. The van der Waals surface area contributed by atoms with Crippen molar-refractivity contribution in [3.63, 3.8) is 0 Å². The Morgan fingerprint density at radius 3 is 2.30 bits per heavy atom. The van der Waals surface area contributed by atoms with Gasteiger partial charge in [0.1, 0.15) is 0 Å². The van der Waals surface area contributed by atoms with E-state index in [1.165, 1.54) is 8.24 Å². The summed E-state index contributed by atoms with van der Waals surface area (Å²) in [5.74, 6) is -2.67. The molecule has 0 aromatic carbocycles. The number of amides is 1. The number of carboxylic acid groups (broad SMARTS) is 2. The van der Waals surface area contributed by atoms with Crippen LogP contribution in [0.1, 0.15) is 33.6 Å². The van der Waals surface area contributed by atoms with Gasteiger partial charge in [-0.2, -0.15) is 0 Å². The zero-order valence-electron chi connectivity index (χ0n) is 17.3. The fraction of sp³-hybridized carbons (Fsp3) is 0.812. The van der Waals surface area contributed by atoms with Gasteiger partial charge in [0.15, 0.2) is 0 Å². The van der Waals surface area contributed by atoms with E-state index in [1.54, 1.807) is 14.0 Å². The predicted octanol–water partition coefficient (Wildman–Crippen LogP) is -6.78. The Balaban J connectivity index is 0. The number of carbonyl (C=O) groups is 3. The van der Waals surface area contributed by atoms with Crippen molar-refractivity contribution in [2.75, 3.05) is 19.4 Å². The summed E-state index contributed by atoms with van der Waals surface area (Å²) in [5.41, 5.74) is -1.71. The van der Waals surface area contributed by atoms with Gasteiger partial charge in [0, 0.05) is 0 Å². The van der Waals surface area contributed by atoms with Crippen LogP contribution in [0.5, 0.6) is 0 Å². The first kappa shape index (κ1) is 30.8. The average Bonchev–Trinajstić information content (AvgIpc) is 2.77. The van der Waals surface area contributed by atoms with Crippen LogP contribution in [0.3, 0.4) is 0 Å². The molecule has 0 aromatic rings. The summed E-state index contributed by atoms with van der Waals surface area (Å²) in [6.45, 7) is 5.62. The molecule has 27 heavy (non-hydrogen) atoms. The molecule has 140 valence electrons. The maximum absolute atomic E-state index is 12.6. The summed E-state index contributed by atoms with van der Waals surface area (Å²) in [5, 5.41) is 24.8. The number of carboxylic acids is 2. The molecule has 11 heteroatoms. The van der Waals surface area contributed by atoms with Crippen LogP contribution in [0.15, 0.2) is 0 Å². The summed E-state index contributed by atoms with van der Waals surface area (Å²) in [4.78, 5) is 34.5. The maximum Gasteiger partial charge on any atom is 1.00 e. The smallest absolute Gasteiger partial charge is 1.00 e. The Labute approximate surface area is 220 Å². The predicted molar refractivity (Wildman–Crippen MR) is 85.7 cm³/mol. The molecule has 0 saturated heterocycles. The minimum absolute atomic E-state index is 0. The van der Waals surface area contributed by atoms with Crippen molar-refractivity contribution in [1.29, 1.82) is 0 Å². The SMILES string of the molecule is COC(CNC(=O)C1CCC(C)(C(=O)[O-])C1(C)C)[CH2][Hg][S]CC(=O)[O-].[Na+].[Na+]. The van der Waals surface area contributed by atoms with E-state index in [0.29, 0.717) is 19.4 Å². The van der Waals surface area contributed by atoms with Crippen LogP contribution >= 0.6 is 8.24 Å². The molecule has 1 aliphatic rings. The van der Waals surface area contributed by atoms with Gasteiger partial charge in [-0.05, 0) is 0 Å². The van der Waals surface area contributed by atoms with Crippen molar-refractivity contribution in [2.24, 2.45) is 16.7 Å². The van der Waals surface area contributed by atoms with Crippen molar-refractivity contribution in [1.82, 2.24) is 5.32 Å². The van der Waals surface area contributed by atoms with Crippen LogP contribution in [-0.4, -0.2) is 43.4 Å². The van der Waals surface area contributed by atoms with Gasteiger partial charge in [0.05, 0.1) is 0 Å². The van der Waals surface area contributed by atoms with Gasteiger partial charge in [-0.3, -0.25) is 0 Å². The minimum Gasteiger partial charge on any atom is 1.00 e. The van der Waals surface area contributed by atoms with Gasteiger partial charge in [-0.15, -0.1) is 0 Å². The van der Waals surface area contributed by atoms with Crippen molar-refractivity contribution in [3.8, 4) is 0 Å². The molecule has 1 N–H and O–H groups in total. The fourth-order valence-electron chi connectivity index (χ4n) is 3.34. The van der Waals surface area contributed by atoms with E-state index >= 15 is 0 Å². The molecule has 1 amide bonds. The van der Waals surface area contributed by atoms with Crippen LogP contribution in [0.4, 0.5) is 0 Å². The summed E-state index contributed by atoms with van der Waals surface area (Å²) in [7, 11) is 3.03. The number of carbonyl (C=O) groups excluding carboxylic acids is 3. The van der Waals surface area contributed by atoms with Crippen molar-refractivity contribution in [3.05, 3.63) is 0 Å². The number of aliphatic carboxylic acids is 2. The van der Waals surface area contributed by atoms with E-state index in [0.717, 1.165) is 3.93 Å². The third kappa shape index (κ3) is 8.36. The third-order valence-electron chi connectivity index (χ3n) is 5.63. The molecule has 0 spiro atoms. The van der Waals surface area contributed by atoms with E-state index in [1.807, 2.05) is 13.8 Å². The monoisotopic (exact) mass is 607 g/mol. The second-order valence-corrected chi connectivity index (χ2v) is 20.1. The molecule has 1 rings (SSSR count).